The number of ether oxygens (including phenoxy) is 5. The van der Waals surface area contributed by atoms with Crippen LogP contribution in [0.15, 0.2) is 30.3 Å². The van der Waals surface area contributed by atoms with Crippen LogP contribution >= 0.6 is 0 Å². The van der Waals surface area contributed by atoms with Gasteiger partial charge in [-0.3, -0.25) is 4.79 Å². The molecule has 1 fully saturated rings. The lowest BCUT2D eigenvalue weighted by Crippen LogP contribution is -2.60. The summed E-state index contributed by atoms with van der Waals surface area (Å²) in [6, 6.07) is 7.72. The van der Waals surface area contributed by atoms with Gasteiger partial charge in [-0.1, -0.05) is 30.3 Å². The first kappa shape index (κ1) is 19.2. The first-order valence-electron chi connectivity index (χ1n) is 8.69. The average molecular weight is 362 g/mol. The molecule has 1 aliphatic heterocycles. The Morgan fingerprint density at radius 3 is 2.54 bits per heavy atom. The summed E-state index contributed by atoms with van der Waals surface area (Å²) in [7, 11) is 6.42. The number of methoxy groups -OCH3 is 4. The van der Waals surface area contributed by atoms with Crippen LogP contribution in [-0.4, -0.2) is 65.2 Å². The van der Waals surface area contributed by atoms with Crippen LogP contribution in [0.3, 0.4) is 0 Å². The summed E-state index contributed by atoms with van der Waals surface area (Å²) in [6.45, 7) is 0.334. The lowest BCUT2D eigenvalue weighted by atomic mass is 9.74. The molecule has 1 aliphatic carbocycles. The number of carbonyl (C=O) groups is 1. The Kier molecular flexibility index (Phi) is 5.89. The highest BCUT2D eigenvalue weighted by molar-refractivity contribution is 6.04. The van der Waals surface area contributed by atoms with Crippen LogP contribution in [0, 0.1) is 0 Å². The van der Waals surface area contributed by atoms with Crippen molar-refractivity contribution in [3.05, 3.63) is 41.5 Å². The van der Waals surface area contributed by atoms with E-state index in [1.54, 1.807) is 34.5 Å². The topological polar surface area (TPSA) is 63.2 Å². The molecule has 2 aliphatic rings. The largest absolute Gasteiger partial charge is 0.382 e. The third kappa shape index (κ3) is 3.02. The molecule has 142 valence electrons. The fourth-order valence-electron chi connectivity index (χ4n) is 4.10. The number of hydrogen-bond acceptors (Lipinski definition) is 6. The zero-order valence-corrected chi connectivity index (χ0v) is 15.6. The van der Waals surface area contributed by atoms with Gasteiger partial charge in [0, 0.05) is 40.4 Å². The summed E-state index contributed by atoms with van der Waals surface area (Å²) in [5.74, 6) is -0.134. The number of carbonyl (C=O) groups excluding carboxylic acids is 1. The minimum absolute atomic E-state index is 0.134. The smallest absolute Gasteiger partial charge is 0.194 e. The molecular weight excluding hydrogens is 336 g/mol. The lowest BCUT2D eigenvalue weighted by Gasteiger charge is -2.47. The number of rotatable bonds is 6. The van der Waals surface area contributed by atoms with Crippen LogP contribution in [-0.2, 0) is 34.1 Å². The van der Waals surface area contributed by atoms with Gasteiger partial charge in [0.05, 0.1) is 12.7 Å². The van der Waals surface area contributed by atoms with Crippen molar-refractivity contribution < 1.29 is 28.5 Å². The third-order valence-corrected chi connectivity index (χ3v) is 5.34. The van der Waals surface area contributed by atoms with E-state index in [2.05, 4.69) is 0 Å². The first-order chi connectivity index (χ1) is 12.6. The van der Waals surface area contributed by atoms with Crippen LogP contribution in [0.2, 0.25) is 0 Å². The van der Waals surface area contributed by atoms with E-state index in [1.165, 1.54) is 0 Å². The lowest BCUT2D eigenvalue weighted by molar-refractivity contribution is -0.241. The Morgan fingerprint density at radius 1 is 1.12 bits per heavy atom. The summed E-state index contributed by atoms with van der Waals surface area (Å²) in [5.41, 5.74) is 0.540. The van der Waals surface area contributed by atoms with Crippen molar-refractivity contribution in [3.8, 4) is 0 Å². The predicted octanol–water partition coefficient (Wildman–Crippen LogP) is 1.96. The van der Waals surface area contributed by atoms with E-state index in [1.807, 2.05) is 30.3 Å². The van der Waals surface area contributed by atoms with Gasteiger partial charge >= 0.3 is 0 Å². The molecule has 0 radical (unpaired) electrons. The standard InChI is InChI=1S/C20H26O6/c1-22-12-16-19(24-3)15(23-2)11-18(26-16)20(25-4)14-8-6-5-7-13(14)9-10-17(20)21/h5-10,15-16,18-19H,11-12H2,1-4H3/t15-,16-,18-,19+,20?/m1/s1. The zero-order chi connectivity index (χ0) is 18.7. The molecule has 0 N–H and O–H groups in total. The van der Waals surface area contributed by atoms with Gasteiger partial charge in [-0.2, -0.15) is 0 Å². The normalized spacial score (nSPS) is 33.9. The second-order valence-electron chi connectivity index (χ2n) is 6.55. The van der Waals surface area contributed by atoms with Crippen molar-refractivity contribution in [1.29, 1.82) is 0 Å². The minimum atomic E-state index is -1.22. The van der Waals surface area contributed by atoms with Crippen LogP contribution < -0.4 is 0 Å². The molecule has 1 saturated heterocycles. The van der Waals surface area contributed by atoms with Crippen LogP contribution in [0.1, 0.15) is 17.5 Å². The average Bonchev–Trinajstić information content (AvgIpc) is 2.68. The third-order valence-electron chi connectivity index (χ3n) is 5.34. The van der Waals surface area contributed by atoms with Gasteiger partial charge in [-0.05, 0) is 11.6 Å². The maximum atomic E-state index is 13.0. The van der Waals surface area contributed by atoms with E-state index in [-0.39, 0.29) is 24.1 Å². The number of fused-ring (bicyclic) bond motifs is 1. The zero-order valence-electron chi connectivity index (χ0n) is 15.6. The fourth-order valence-corrected chi connectivity index (χ4v) is 4.10. The highest BCUT2D eigenvalue weighted by Crippen LogP contribution is 2.43. The molecule has 26 heavy (non-hydrogen) atoms. The van der Waals surface area contributed by atoms with Gasteiger partial charge in [0.25, 0.3) is 0 Å². The van der Waals surface area contributed by atoms with Crippen LogP contribution in [0.5, 0.6) is 0 Å². The molecule has 0 amide bonds. The van der Waals surface area contributed by atoms with Crippen molar-refractivity contribution in [2.45, 2.75) is 36.4 Å². The number of ketones is 1. The number of hydrogen-bond donors (Lipinski definition) is 0. The van der Waals surface area contributed by atoms with Gasteiger partial charge in [-0.15, -0.1) is 0 Å². The molecule has 6 nitrogen and oxygen atoms in total. The molecule has 0 spiro atoms. The Balaban J connectivity index is 2.04. The highest BCUT2D eigenvalue weighted by atomic mass is 16.6. The van der Waals surface area contributed by atoms with Crippen molar-refractivity contribution in [2.24, 2.45) is 0 Å². The molecule has 6 heteroatoms. The Morgan fingerprint density at radius 2 is 1.88 bits per heavy atom. The second kappa shape index (κ2) is 7.98. The first-order valence-corrected chi connectivity index (χ1v) is 8.69. The minimum Gasteiger partial charge on any atom is -0.382 e. The summed E-state index contributed by atoms with van der Waals surface area (Å²) in [5, 5.41) is 0. The molecule has 0 bridgehead atoms. The molecule has 1 unspecified atom stereocenters. The second-order valence-corrected chi connectivity index (χ2v) is 6.55. The van der Waals surface area contributed by atoms with Gasteiger partial charge in [-0.25, -0.2) is 0 Å². The molecule has 1 aromatic carbocycles. The maximum Gasteiger partial charge on any atom is 0.194 e. The van der Waals surface area contributed by atoms with E-state index in [4.69, 9.17) is 23.7 Å². The Bertz CT molecular complexity index is 672. The summed E-state index contributed by atoms with van der Waals surface area (Å²) in [6.07, 6.45) is 2.43. The Hall–Kier alpha value is -1.57. The van der Waals surface area contributed by atoms with Crippen molar-refractivity contribution in [2.75, 3.05) is 35.0 Å². The van der Waals surface area contributed by atoms with Gasteiger partial charge in [0.1, 0.15) is 18.3 Å². The molecule has 0 aromatic heterocycles. The molecule has 3 rings (SSSR count). The summed E-state index contributed by atoms with van der Waals surface area (Å²) in [4.78, 5) is 13.0. The molecule has 5 atom stereocenters. The van der Waals surface area contributed by atoms with Gasteiger partial charge in [0.15, 0.2) is 11.4 Å². The van der Waals surface area contributed by atoms with Crippen LogP contribution in [0.25, 0.3) is 6.08 Å². The van der Waals surface area contributed by atoms with Crippen LogP contribution in [0.4, 0.5) is 0 Å². The highest BCUT2D eigenvalue weighted by Gasteiger charge is 2.54. The molecule has 1 heterocycles. The van der Waals surface area contributed by atoms with Crippen molar-refractivity contribution >= 4 is 11.9 Å². The van der Waals surface area contributed by atoms with E-state index >= 15 is 0 Å². The molecular formula is C20H26O6. The molecule has 0 saturated carbocycles. The number of benzene rings is 1. The predicted molar refractivity (Wildman–Crippen MR) is 95.9 cm³/mol. The quantitative estimate of drug-likeness (QED) is 0.771. The monoisotopic (exact) mass is 362 g/mol. The SMILES string of the molecule is COC[C@H]1O[C@@H](C2(OC)C(=O)C=Cc3ccccc32)C[C@@H](OC)[C@@H]1OC. The van der Waals surface area contributed by atoms with Gasteiger partial charge < -0.3 is 23.7 Å². The maximum absolute atomic E-state index is 13.0. The van der Waals surface area contributed by atoms with E-state index < -0.39 is 11.7 Å². The van der Waals surface area contributed by atoms with E-state index in [9.17, 15) is 4.79 Å². The summed E-state index contributed by atoms with van der Waals surface area (Å²) >= 11 is 0. The fraction of sp³-hybridized carbons (Fsp3) is 0.550. The Labute approximate surface area is 154 Å². The van der Waals surface area contributed by atoms with E-state index in [0.29, 0.717) is 13.0 Å². The summed E-state index contributed by atoms with van der Waals surface area (Å²) < 4.78 is 28.7. The van der Waals surface area contributed by atoms with Crippen molar-refractivity contribution in [1.82, 2.24) is 0 Å². The van der Waals surface area contributed by atoms with E-state index in [0.717, 1.165) is 11.1 Å². The van der Waals surface area contributed by atoms with Gasteiger partial charge in [0.2, 0.25) is 0 Å². The molecule has 1 aromatic rings. The van der Waals surface area contributed by atoms with Crippen molar-refractivity contribution in [3.63, 3.8) is 0 Å².